The molecule has 0 atom stereocenters. The van der Waals surface area contributed by atoms with E-state index in [4.69, 9.17) is 17.0 Å². The van der Waals surface area contributed by atoms with Crippen LogP contribution < -0.4 is 20.7 Å². The predicted molar refractivity (Wildman–Crippen MR) is 95.3 cm³/mol. The van der Waals surface area contributed by atoms with E-state index in [2.05, 4.69) is 16.0 Å². The van der Waals surface area contributed by atoms with E-state index in [9.17, 15) is 9.59 Å². The highest BCUT2D eigenvalue weighted by molar-refractivity contribution is 7.80. The minimum Gasteiger partial charge on any atom is -0.494 e. The lowest BCUT2D eigenvalue weighted by atomic mass is 10.2. The molecule has 0 unspecified atom stereocenters. The van der Waals surface area contributed by atoms with Crippen molar-refractivity contribution < 1.29 is 14.3 Å². The maximum absolute atomic E-state index is 12.1. The minimum atomic E-state index is -0.255. The van der Waals surface area contributed by atoms with Crippen LogP contribution in [0.4, 0.5) is 11.4 Å². The van der Waals surface area contributed by atoms with Crippen LogP contribution in [0, 0.1) is 0 Å². The van der Waals surface area contributed by atoms with Crippen LogP contribution in [0.2, 0.25) is 0 Å². The van der Waals surface area contributed by atoms with Crippen LogP contribution in [0.5, 0.6) is 5.75 Å². The number of ether oxygens (including phenoxy) is 1. The van der Waals surface area contributed by atoms with E-state index in [1.165, 1.54) is 25.4 Å². The van der Waals surface area contributed by atoms with Gasteiger partial charge < -0.3 is 20.7 Å². The zero-order chi connectivity index (χ0) is 16.8. The molecule has 0 aliphatic heterocycles. The molecule has 3 N–H and O–H groups in total. The van der Waals surface area contributed by atoms with Crippen molar-refractivity contribution in [3.8, 4) is 5.75 Å². The van der Waals surface area contributed by atoms with Crippen LogP contribution in [0.15, 0.2) is 35.7 Å². The van der Waals surface area contributed by atoms with E-state index in [0.717, 1.165) is 0 Å². The monoisotopic (exact) mass is 349 g/mol. The number of hydrogen-bond donors (Lipinski definition) is 3. The highest BCUT2D eigenvalue weighted by Gasteiger charge is 2.11. The second kappa shape index (κ2) is 7.70. The highest BCUT2D eigenvalue weighted by atomic mass is 32.1. The van der Waals surface area contributed by atoms with E-state index >= 15 is 0 Å². The zero-order valence-corrected chi connectivity index (χ0v) is 14.1. The first-order valence-electron chi connectivity index (χ1n) is 6.61. The number of thiophene rings is 1. The lowest BCUT2D eigenvalue weighted by molar-refractivity contribution is -0.117. The average Bonchev–Trinajstić information content (AvgIpc) is 3.02. The van der Waals surface area contributed by atoms with Crippen molar-refractivity contribution in [1.29, 1.82) is 0 Å². The lowest BCUT2D eigenvalue weighted by Gasteiger charge is -2.13. The third-order valence-corrected chi connectivity index (χ3v) is 3.81. The van der Waals surface area contributed by atoms with Crippen LogP contribution in [0.25, 0.3) is 0 Å². The van der Waals surface area contributed by atoms with Gasteiger partial charge in [0.15, 0.2) is 5.11 Å². The number of carbonyl (C=O) groups is 2. The van der Waals surface area contributed by atoms with Crippen LogP contribution in [0.1, 0.15) is 16.6 Å². The fourth-order valence-corrected chi connectivity index (χ4v) is 2.67. The number of nitrogens with one attached hydrogen (secondary N) is 3. The van der Waals surface area contributed by atoms with Gasteiger partial charge in [-0.3, -0.25) is 9.59 Å². The standard InChI is InChI=1S/C15H15N3O3S2/c1-9(19)16-15(22)17-10-5-6-11(12(8-10)21-2)18-14(20)13-4-3-7-23-13/h3-8H,1-2H3,(H,18,20)(H2,16,17,19,22). The van der Waals surface area contributed by atoms with Crippen molar-refractivity contribution in [2.45, 2.75) is 6.92 Å². The number of amides is 2. The van der Waals surface area contributed by atoms with Gasteiger partial charge in [0.2, 0.25) is 5.91 Å². The van der Waals surface area contributed by atoms with Crippen LogP contribution in [0.3, 0.4) is 0 Å². The zero-order valence-electron chi connectivity index (χ0n) is 12.5. The Morgan fingerprint density at radius 3 is 2.61 bits per heavy atom. The Labute approximate surface area is 142 Å². The van der Waals surface area contributed by atoms with Gasteiger partial charge in [0, 0.05) is 18.7 Å². The van der Waals surface area contributed by atoms with Gasteiger partial charge in [-0.25, -0.2) is 0 Å². The Bertz CT molecular complexity index is 730. The summed E-state index contributed by atoms with van der Waals surface area (Å²) in [6, 6.07) is 8.66. The molecule has 0 spiro atoms. The van der Waals surface area contributed by atoms with Crippen molar-refractivity contribution in [3.05, 3.63) is 40.6 Å². The molecule has 1 aromatic heterocycles. The molecule has 1 heterocycles. The van der Waals surface area contributed by atoms with Crippen molar-refractivity contribution in [1.82, 2.24) is 5.32 Å². The molecule has 2 rings (SSSR count). The van der Waals surface area contributed by atoms with Gasteiger partial charge in [-0.15, -0.1) is 11.3 Å². The number of methoxy groups -OCH3 is 1. The van der Waals surface area contributed by atoms with Gasteiger partial charge in [-0.1, -0.05) is 6.07 Å². The molecule has 0 aliphatic carbocycles. The maximum atomic E-state index is 12.1. The number of carbonyl (C=O) groups excluding carboxylic acids is 2. The van der Waals surface area contributed by atoms with Crippen LogP contribution in [-0.2, 0) is 4.79 Å². The SMILES string of the molecule is COc1cc(NC(=S)NC(C)=O)ccc1NC(=O)c1cccs1. The van der Waals surface area contributed by atoms with Gasteiger partial charge in [0.1, 0.15) is 5.75 Å². The number of hydrogen-bond acceptors (Lipinski definition) is 5. The lowest BCUT2D eigenvalue weighted by Crippen LogP contribution is -2.32. The Morgan fingerprint density at radius 1 is 1.22 bits per heavy atom. The summed E-state index contributed by atoms with van der Waals surface area (Å²) in [5.41, 5.74) is 1.18. The summed E-state index contributed by atoms with van der Waals surface area (Å²) in [4.78, 5) is 23.6. The van der Waals surface area contributed by atoms with Crippen LogP contribution >= 0.6 is 23.6 Å². The van der Waals surface area contributed by atoms with Gasteiger partial charge in [-0.05, 0) is 35.8 Å². The third-order valence-electron chi connectivity index (χ3n) is 2.74. The molecule has 0 bridgehead atoms. The van der Waals surface area contributed by atoms with E-state index in [0.29, 0.717) is 22.0 Å². The average molecular weight is 349 g/mol. The van der Waals surface area contributed by atoms with Crippen molar-refractivity contribution in [2.75, 3.05) is 17.7 Å². The Balaban J connectivity index is 2.11. The Morgan fingerprint density at radius 2 is 2.00 bits per heavy atom. The summed E-state index contributed by atoms with van der Waals surface area (Å²) in [5.74, 6) is 0.0209. The van der Waals surface area contributed by atoms with Crippen LogP contribution in [-0.4, -0.2) is 24.0 Å². The highest BCUT2D eigenvalue weighted by Crippen LogP contribution is 2.28. The molecule has 120 valence electrons. The molecule has 0 aliphatic rings. The summed E-state index contributed by atoms with van der Waals surface area (Å²) < 4.78 is 5.28. The molecule has 0 fully saturated rings. The van der Waals surface area contributed by atoms with Gasteiger partial charge in [0.25, 0.3) is 5.91 Å². The first kappa shape index (κ1) is 16.9. The van der Waals surface area contributed by atoms with Gasteiger partial charge >= 0.3 is 0 Å². The molecule has 1 aromatic carbocycles. The van der Waals surface area contributed by atoms with Gasteiger partial charge in [-0.2, -0.15) is 0 Å². The van der Waals surface area contributed by atoms with Crippen molar-refractivity contribution in [3.63, 3.8) is 0 Å². The topological polar surface area (TPSA) is 79.5 Å². The second-order valence-corrected chi connectivity index (χ2v) is 5.84. The second-order valence-electron chi connectivity index (χ2n) is 4.48. The minimum absolute atomic E-state index is 0.190. The molecule has 0 radical (unpaired) electrons. The summed E-state index contributed by atoms with van der Waals surface area (Å²) >= 11 is 6.35. The first-order chi connectivity index (χ1) is 11.0. The molecule has 6 nitrogen and oxygen atoms in total. The molecule has 23 heavy (non-hydrogen) atoms. The number of anilines is 2. The molecule has 0 saturated carbocycles. The summed E-state index contributed by atoms with van der Waals surface area (Å²) in [5, 5.41) is 10.1. The van der Waals surface area contributed by atoms with E-state index in [1.807, 2.05) is 11.4 Å². The maximum Gasteiger partial charge on any atom is 0.265 e. The molecular formula is C15H15N3O3S2. The number of rotatable bonds is 4. The molecule has 8 heteroatoms. The summed E-state index contributed by atoms with van der Waals surface area (Å²) in [6.07, 6.45) is 0. The molecule has 2 aromatic rings. The van der Waals surface area contributed by atoms with Crippen molar-refractivity contribution in [2.24, 2.45) is 0 Å². The molecule has 0 saturated heterocycles. The van der Waals surface area contributed by atoms with Crippen molar-refractivity contribution >= 4 is 51.9 Å². The quantitative estimate of drug-likeness (QED) is 0.740. The summed E-state index contributed by atoms with van der Waals surface area (Å²) in [7, 11) is 1.51. The van der Waals surface area contributed by atoms with E-state index in [1.54, 1.807) is 24.3 Å². The largest absolute Gasteiger partial charge is 0.494 e. The summed E-state index contributed by atoms with van der Waals surface area (Å²) in [6.45, 7) is 1.37. The third kappa shape index (κ3) is 4.76. The van der Waals surface area contributed by atoms with E-state index < -0.39 is 0 Å². The number of benzene rings is 1. The Kier molecular flexibility index (Phi) is 5.67. The first-order valence-corrected chi connectivity index (χ1v) is 7.90. The normalized spacial score (nSPS) is 9.83. The van der Waals surface area contributed by atoms with E-state index in [-0.39, 0.29) is 16.9 Å². The molecule has 2 amide bonds. The van der Waals surface area contributed by atoms with Gasteiger partial charge in [0.05, 0.1) is 17.7 Å². The predicted octanol–water partition coefficient (Wildman–Crippen LogP) is 2.84. The fraction of sp³-hybridized carbons (Fsp3) is 0.133. The molecular weight excluding hydrogens is 334 g/mol. The Hall–Kier alpha value is -2.45. The number of thiocarbonyl (C=S) groups is 1. The fourth-order valence-electron chi connectivity index (χ4n) is 1.79. The smallest absolute Gasteiger partial charge is 0.265 e.